The van der Waals surface area contributed by atoms with Crippen molar-refractivity contribution in [3.8, 4) is 0 Å². The Bertz CT molecular complexity index is 518. The number of carboxylic acid groups (broad SMARTS) is 1. The van der Waals surface area contributed by atoms with Crippen LogP contribution >= 0.6 is 0 Å². The lowest BCUT2D eigenvalue weighted by Gasteiger charge is -2.34. The number of carboxylic acids is 1. The number of sulfone groups is 1. The molecule has 0 radical (unpaired) electrons. The molecule has 0 spiro atoms. The molecule has 1 fully saturated rings. The zero-order valence-electron chi connectivity index (χ0n) is 11.4. The maximum Gasteiger partial charge on any atom is 0.305 e. The van der Waals surface area contributed by atoms with Gasteiger partial charge >= 0.3 is 5.97 Å². The van der Waals surface area contributed by atoms with Crippen LogP contribution in [0.4, 0.5) is 0 Å². The van der Waals surface area contributed by atoms with Crippen molar-refractivity contribution < 1.29 is 27.9 Å². The van der Waals surface area contributed by atoms with Crippen molar-refractivity contribution in [2.24, 2.45) is 5.73 Å². The second-order valence-corrected chi connectivity index (χ2v) is 7.11. The molecule has 10 heteroatoms. The van der Waals surface area contributed by atoms with Gasteiger partial charge in [0.2, 0.25) is 11.8 Å². The number of hydrogen-bond donors (Lipinski definition) is 3. The minimum atomic E-state index is -3.47. The molecule has 1 atom stereocenters. The molecule has 2 amide bonds. The van der Waals surface area contributed by atoms with Crippen LogP contribution in [0.5, 0.6) is 0 Å². The van der Waals surface area contributed by atoms with Crippen molar-refractivity contribution in [3.63, 3.8) is 0 Å². The van der Waals surface area contributed by atoms with Gasteiger partial charge in [-0.2, -0.15) is 0 Å². The van der Waals surface area contributed by atoms with Gasteiger partial charge in [0.1, 0.15) is 0 Å². The fourth-order valence-corrected chi connectivity index (χ4v) is 3.26. The summed E-state index contributed by atoms with van der Waals surface area (Å²) >= 11 is 0. The van der Waals surface area contributed by atoms with Crippen LogP contribution in [0.25, 0.3) is 0 Å². The highest BCUT2D eigenvalue weighted by molar-refractivity contribution is 7.91. The molecule has 1 aliphatic heterocycles. The number of nitrogens with one attached hydrogen (secondary N) is 1. The van der Waals surface area contributed by atoms with E-state index in [1.807, 2.05) is 0 Å². The maximum atomic E-state index is 11.7. The molecule has 21 heavy (non-hydrogen) atoms. The third-order valence-electron chi connectivity index (χ3n) is 3.16. The number of piperazine rings is 1. The van der Waals surface area contributed by atoms with Gasteiger partial charge in [0.15, 0.2) is 9.84 Å². The third kappa shape index (κ3) is 6.08. The zero-order chi connectivity index (χ0) is 16.0. The molecule has 0 saturated carbocycles. The number of hydrogen-bond acceptors (Lipinski definition) is 6. The summed E-state index contributed by atoms with van der Waals surface area (Å²) in [7, 11) is -3.47. The fourth-order valence-electron chi connectivity index (χ4n) is 2.03. The number of nitrogens with zero attached hydrogens (tertiary/aromatic N) is 1. The van der Waals surface area contributed by atoms with Gasteiger partial charge in [-0.15, -0.1) is 0 Å². The van der Waals surface area contributed by atoms with E-state index in [4.69, 9.17) is 10.8 Å². The fraction of sp³-hybridized carbons (Fsp3) is 0.727. The Morgan fingerprint density at radius 3 is 2.62 bits per heavy atom. The predicted octanol–water partition coefficient (Wildman–Crippen LogP) is -2.45. The van der Waals surface area contributed by atoms with E-state index in [2.05, 4.69) is 5.32 Å². The van der Waals surface area contributed by atoms with Crippen LogP contribution < -0.4 is 11.1 Å². The predicted molar refractivity (Wildman–Crippen MR) is 73.1 cm³/mol. The average Bonchev–Trinajstić information content (AvgIpc) is 2.37. The third-order valence-corrected chi connectivity index (χ3v) is 4.79. The van der Waals surface area contributed by atoms with Crippen LogP contribution in [0.2, 0.25) is 0 Å². The maximum absolute atomic E-state index is 11.7. The van der Waals surface area contributed by atoms with E-state index in [1.54, 1.807) is 0 Å². The van der Waals surface area contributed by atoms with Crippen LogP contribution in [0.1, 0.15) is 12.8 Å². The number of amides is 2. The molecule has 0 aromatic heterocycles. The molecule has 120 valence electrons. The van der Waals surface area contributed by atoms with E-state index in [-0.39, 0.29) is 30.9 Å². The van der Waals surface area contributed by atoms with Crippen molar-refractivity contribution in [2.45, 2.75) is 18.9 Å². The number of carbonyl (C=O) groups is 3. The SMILES string of the molecule is NC(=O)CCS(=O)(=O)CCN1CCNC(=O)C1CC(=O)O. The minimum Gasteiger partial charge on any atom is -0.481 e. The number of nitrogens with two attached hydrogens (primary N) is 1. The van der Waals surface area contributed by atoms with Crippen LogP contribution in [-0.4, -0.2) is 73.4 Å². The number of aliphatic carboxylic acids is 1. The molecule has 1 saturated heterocycles. The van der Waals surface area contributed by atoms with Gasteiger partial charge in [-0.1, -0.05) is 0 Å². The smallest absolute Gasteiger partial charge is 0.305 e. The molecule has 0 bridgehead atoms. The first-order valence-corrected chi connectivity index (χ1v) is 8.25. The zero-order valence-corrected chi connectivity index (χ0v) is 12.3. The van der Waals surface area contributed by atoms with Crippen LogP contribution in [0.15, 0.2) is 0 Å². The first-order valence-electron chi connectivity index (χ1n) is 6.43. The molecule has 0 aliphatic carbocycles. The summed E-state index contributed by atoms with van der Waals surface area (Å²) < 4.78 is 23.5. The molecule has 1 rings (SSSR count). The number of carbonyl (C=O) groups excluding carboxylic acids is 2. The quantitative estimate of drug-likeness (QED) is 0.449. The highest BCUT2D eigenvalue weighted by atomic mass is 32.2. The Hall–Kier alpha value is -1.68. The van der Waals surface area contributed by atoms with Crippen molar-refractivity contribution in [1.29, 1.82) is 0 Å². The first kappa shape index (κ1) is 17.4. The molecular formula is C11H19N3O6S. The molecule has 9 nitrogen and oxygen atoms in total. The van der Waals surface area contributed by atoms with Gasteiger partial charge in [0, 0.05) is 26.1 Å². The minimum absolute atomic E-state index is 0.0481. The lowest BCUT2D eigenvalue weighted by atomic mass is 10.1. The molecule has 0 aromatic carbocycles. The largest absolute Gasteiger partial charge is 0.481 e. The summed E-state index contributed by atoms with van der Waals surface area (Å²) in [6, 6.07) is -0.873. The topological polar surface area (TPSA) is 147 Å². The van der Waals surface area contributed by atoms with Crippen LogP contribution in [0, 0.1) is 0 Å². The van der Waals surface area contributed by atoms with Gasteiger partial charge in [-0.25, -0.2) is 8.42 Å². The normalized spacial score (nSPS) is 20.0. The van der Waals surface area contributed by atoms with E-state index in [9.17, 15) is 22.8 Å². The van der Waals surface area contributed by atoms with Gasteiger partial charge < -0.3 is 16.2 Å². The van der Waals surface area contributed by atoms with Gasteiger partial charge in [0.05, 0.1) is 24.0 Å². The molecule has 4 N–H and O–H groups in total. The van der Waals surface area contributed by atoms with E-state index >= 15 is 0 Å². The Kier molecular flexibility index (Phi) is 6.09. The first-order chi connectivity index (χ1) is 9.71. The van der Waals surface area contributed by atoms with E-state index in [0.717, 1.165) is 0 Å². The molecule has 1 aliphatic rings. The van der Waals surface area contributed by atoms with E-state index in [1.165, 1.54) is 4.90 Å². The molecule has 1 unspecified atom stereocenters. The van der Waals surface area contributed by atoms with Crippen molar-refractivity contribution >= 4 is 27.6 Å². The monoisotopic (exact) mass is 321 g/mol. The Morgan fingerprint density at radius 1 is 1.38 bits per heavy atom. The second-order valence-electron chi connectivity index (χ2n) is 4.81. The molecule has 1 heterocycles. The van der Waals surface area contributed by atoms with Crippen molar-refractivity contribution in [3.05, 3.63) is 0 Å². The molecular weight excluding hydrogens is 302 g/mol. The number of rotatable bonds is 8. The summed E-state index contributed by atoms with van der Waals surface area (Å²) in [6.07, 6.45) is -0.630. The lowest BCUT2D eigenvalue weighted by molar-refractivity contribution is -0.143. The van der Waals surface area contributed by atoms with Gasteiger partial charge in [-0.05, 0) is 0 Å². The highest BCUT2D eigenvalue weighted by Crippen LogP contribution is 2.09. The van der Waals surface area contributed by atoms with Gasteiger partial charge in [-0.3, -0.25) is 19.3 Å². The molecule has 0 aromatic rings. The van der Waals surface area contributed by atoms with Gasteiger partial charge in [0.25, 0.3) is 0 Å². The van der Waals surface area contributed by atoms with E-state index < -0.39 is 33.7 Å². The Labute approximate surface area is 122 Å². The summed E-state index contributed by atoms with van der Waals surface area (Å²) in [5.74, 6) is -2.83. The lowest BCUT2D eigenvalue weighted by Crippen LogP contribution is -2.56. The van der Waals surface area contributed by atoms with Crippen LogP contribution in [0.3, 0.4) is 0 Å². The average molecular weight is 321 g/mol. The van der Waals surface area contributed by atoms with E-state index in [0.29, 0.717) is 13.1 Å². The van der Waals surface area contributed by atoms with Crippen molar-refractivity contribution in [1.82, 2.24) is 10.2 Å². The second kappa shape index (κ2) is 7.36. The highest BCUT2D eigenvalue weighted by Gasteiger charge is 2.32. The number of primary amides is 1. The summed E-state index contributed by atoms with van der Waals surface area (Å²) in [6.45, 7) is 0.776. The summed E-state index contributed by atoms with van der Waals surface area (Å²) in [5, 5.41) is 11.3. The summed E-state index contributed by atoms with van der Waals surface area (Å²) in [4.78, 5) is 34.5. The Morgan fingerprint density at radius 2 is 2.05 bits per heavy atom. The summed E-state index contributed by atoms with van der Waals surface area (Å²) in [5.41, 5.74) is 4.90. The Balaban J connectivity index is 2.60. The standard InChI is InChI=1S/C11H19N3O6S/c12-9(15)1-5-21(19,20)6-4-14-3-2-13-11(18)8(14)7-10(16)17/h8H,1-7H2,(H2,12,15)(H,13,18)(H,16,17). The van der Waals surface area contributed by atoms with Crippen LogP contribution in [-0.2, 0) is 24.2 Å². The van der Waals surface area contributed by atoms with Crippen molar-refractivity contribution in [2.75, 3.05) is 31.1 Å².